The molecular weight excluding hydrogens is 268 g/mol. The van der Waals surface area contributed by atoms with Gasteiger partial charge in [0, 0.05) is 40.3 Å². The summed E-state index contributed by atoms with van der Waals surface area (Å²) in [5.41, 5.74) is 0. The third-order valence-corrected chi connectivity index (χ3v) is 3.33. The van der Waals surface area contributed by atoms with Crippen LogP contribution in [0.2, 0.25) is 0 Å². The number of nitrogens with zero attached hydrogens (tertiary/aromatic N) is 5. The summed E-state index contributed by atoms with van der Waals surface area (Å²) in [5.74, 6) is 2.07. The normalized spacial score (nSPS) is 14.1. The highest BCUT2D eigenvalue weighted by Crippen LogP contribution is 2.30. The van der Waals surface area contributed by atoms with Crippen molar-refractivity contribution in [1.82, 2.24) is 15.0 Å². The first kappa shape index (κ1) is 15.8. The van der Waals surface area contributed by atoms with E-state index in [9.17, 15) is 0 Å². The second kappa shape index (κ2) is 7.40. The Morgan fingerprint density at radius 2 is 1.90 bits per heavy atom. The Labute approximate surface area is 126 Å². The van der Waals surface area contributed by atoms with Gasteiger partial charge in [-0.25, -0.2) is 0 Å². The quantitative estimate of drug-likeness (QED) is 0.738. The van der Waals surface area contributed by atoms with Gasteiger partial charge < -0.3 is 19.9 Å². The van der Waals surface area contributed by atoms with Gasteiger partial charge >= 0.3 is 0 Å². The second-order valence-corrected chi connectivity index (χ2v) is 5.50. The summed E-state index contributed by atoms with van der Waals surface area (Å²) in [6, 6.07) is 0.539. The number of methoxy groups -OCH3 is 1. The maximum absolute atomic E-state index is 5.21. The van der Waals surface area contributed by atoms with Gasteiger partial charge in [-0.15, -0.1) is 0 Å². The SMILES string of the molecule is CCCNc1nc(N(C)C)nc(N(CCOC)C2CC2)n1. The van der Waals surface area contributed by atoms with Crippen LogP contribution >= 0.6 is 0 Å². The molecule has 0 bridgehead atoms. The van der Waals surface area contributed by atoms with E-state index in [1.54, 1.807) is 7.11 Å². The van der Waals surface area contributed by atoms with E-state index in [4.69, 9.17) is 4.74 Å². The minimum atomic E-state index is 0.539. The van der Waals surface area contributed by atoms with E-state index in [-0.39, 0.29) is 0 Å². The van der Waals surface area contributed by atoms with Crippen LogP contribution in [0.3, 0.4) is 0 Å². The number of aromatic nitrogens is 3. The monoisotopic (exact) mass is 294 g/mol. The molecule has 0 saturated heterocycles. The van der Waals surface area contributed by atoms with Crippen molar-refractivity contribution in [3.05, 3.63) is 0 Å². The number of nitrogens with one attached hydrogen (secondary N) is 1. The molecule has 0 amide bonds. The molecule has 1 aliphatic rings. The molecule has 1 aromatic heterocycles. The van der Waals surface area contributed by atoms with Crippen LogP contribution in [0.4, 0.5) is 17.8 Å². The molecule has 0 spiro atoms. The molecule has 1 fully saturated rings. The van der Waals surface area contributed by atoms with Crippen LogP contribution in [-0.4, -0.2) is 61.9 Å². The van der Waals surface area contributed by atoms with Crippen LogP contribution in [0.5, 0.6) is 0 Å². The predicted molar refractivity (Wildman–Crippen MR) is 85.2 cm³/mol. The van der Waals surface area contributed by atoms with Gasteiger partial charge in [-0.1, -0.05) is 6.92 Å². The molecule has 0 unspecified atom stereocenters. The van der Waals surface area contributed by atoms with Crippen molar-refractivity contribution in [3.63, 3.8) is 0 Å². The molecular formula is C14H26N6O. The lowest BCUT2D eigenvalue weighted by Gasteiger charge is -2.23. The fraction of sp³-hybridized carbons (Fsp3) is 0.786. The molecule has 0 aliphatic heterocycles. The zero-order valence-corrected chi connectivity index (χ0v) is 13.5. The first-order chi connectivity index (χ1) is 10.2. The van der Waals surface area contributed by atoms with E-state index in [1.165, 1.54) is 12.8 Å². The Bertz CT molecular complexity index is 449. The van der Waals surface area contributed by atoms with Gasteiger partial charge in [0.15, 0.2) is 0 Å². The fourth-order valence-corrected chi connectivity index (χ4v) is 2.02. The molecule has 7 heteroatoms. The molecule has 0 aromatic carbocycles. The van der Waals surface area contributed by atoms with Crippen molar-refractivity contribution >= 4 is 17.8 Å². The van der Waals surface area contributed by atoms with Gasteiger partial charge in [-0.2, -0.15) is 15.0 Å². The number of ether oxygens (including phenoxy) is 1. The molecule has 7 nitrogen and oxygen atoms in total. The summed E-state index contributed by atoms with van der Waals surface area (Å²) in [4.78, 5) is 17.8. The van der Waals surface area contributed by atoms with Crippen LogP contribution in [0, 0.1) is 0 Å². The molecule has 0 atom stereocenters. The summed E-state index contributed by atoms with van der Waals surface area (Å²) in [6.07, 6.45) is 3.43. The summed E-state index contributed by atoms with van der Waals surface area (Å²) in [7, 11) is 5.61. The van der Waals surface area contributed by atoms with Crippen LogP contribution in [0.25, 0.3) is 0 Å². The molecule has 1 saturated carbocycles. The van der Waals surface area contributed by atoms with Gasteiger partial charge in [0.1, 0.15) is 0 Å². The van der Waals surface area contributed by atoms with E-state index in [0.717, 1.165) is 25.5 Å². The van der Waals surface area contributed by atoms with E-state index in [2.05, 4.69) is 32.1 Å². The highest BCUT2D eigenvalue weighted by atomic mass is 16.5. The predicted octanol–water partition coefficient (Wildman–Crippen LogP) is 1.37. The smallest absolute Gasteiger partial charge is 0.232 e. The first-order valence-electron chi connectivity index (χ1n) is 7.58. The number of anilines is 3. The number of hydrogen-bond acceptors (Lipinski definition) is 7. The molecule has 0 radical (unpaired) electrons. The Hall–Kier alpha value is -1.63. The summed E-state index contributed by atoms with van der Waals surface area (Å²) < 4.78 is 5.21. The molecule has 118 valence electrons. The maximum atomic E-state index is 5.21. The summed E-state index contributed by atoms with van der Waals surface area (Å²) in [5, 5.41) is 3.25. The van der Waals surface area contributed by atoms with Crippen molar-refractivity contribution in [2.75, 3.05) is 56.0 Å². The van der Waals surface area contributed by atoms with Crippen molar-refractivity contribution in [3.8, 4) is 0 Å². The second-order valence-electron chi connectivity index (χ2n) is 5.50. The summed E-state index contributed by atoms with van der Waals surface area (Å²) in [6.45, 7) is 4.47. The fourth-order valence-electron chi connectivity index (χ4n) is 2.02. The third-order valence-electron chi connectivity index (χ3n) is 3.33. The van der Waals surface area contributed by atoms with Crippen LogP contribution in [0.1, 0.15) is 26.2 Å². The molecule has 1 heterocycles. The highest BCUT2D eigenvalue weighted by molar-refractivity contribution is 5.46. The Morgan fingerprint density at radius 3 is 2.48 bits per heavy atom. The molecule has 1 aromatic rings. The highest BCUT2D eigenvalue weighted by Gasteiger charge is 2.31. The minimum Gasteiger partial charge on any atom is -0.383 e. The Balaban J connectivity index is 2.23. The lowest BCUT2D eigenvalue weighted by molar-refractivity contribution is 0.204. The molecule has 1 N–H and O–H groups in total. The lowest BCUT2D eigenvalue weighted by atomic mass is 10.5. The van der Waals surface area contributed by atoms with Crippen molar-refractivity contribution in [1.29, 1.82) is 0 Å². The van der Waals surface area contributed by atoms with Crippen LogP contribution in [-0.2, 0) is 4.74 Å². The molecule has 1 aliphatic carbocycles. The lowest BCUT2D eigenvalue weighted by Crippen LogP contribution is -2.32. The standard InChI is InChI=1S/C14H26N6O/c1-5-8-15-12-16-13(19(2)3)18-14(17-12)20(9-10-21-4)11-6-7-11/h11H,5-10H2,1-4H3,(H,15,16,17,18). The summed E-state index contributed by atoms with van der Waals surface area (Å²) >= 11 is 0. The largest absolute Gasteiger partial charge is 0.383 e. The van der Waals surface area contributed by atoms with Crippen molar-refractivity contribution in [2.45, 2.75) is 32.2 Å². The van der Waals surface area contributed by atoms with Crippen LogP contribution in [0.15, 0.2) is 0 Å². The van der Waals surface area contributed by atoms with Gasteiger partial charge in [-0.05, 0) is 19.3 Å². The topological polar surface area (TPSA) is 66.4 Å². The van der Waals surface area contributed by atoms with Crippen LogP contribution < -0.4 is 15.1 Å². The van der Waals surface area contributed by atoms with E-state index in [1.807, 2.05) is 19.0 Å². The Kier molecular flexibility index (Phi) is 5.55. The average Bonchev–Trinajstić information content (AvgIpc) is 3.30. The maximum Gasteiger partial charge on any atom is 0.232 e. The molecule has 21 heavy (non-hydrogen) atoms. The van der Waals surface area contributed by atoms with E-state index < -0.39 is 0 Å². The van der Waals surface area contributed by atoms with E-state index in [0.29, 0.717) is 24.5 Å². The first-order valence-corrected chi connectivity index (χ1v) is 7.58. The van der Waals surface area contributed by atoms with Gasteiger partial charge in [-0.3, -0.25) is 0 Å². The van der Waals surface area contributed by atoms with Gasteiger partial charge in [0.2, 0.25) is 17.8 Å². The zero-order chi connectivity index (χ0) is 15.2. The van der Waals surface area contributed by atoms with Crippen molar-refractivity contribution < 1.29 is 4.74 Å². The van der Waals surface area contributed by atoms with Gasteiger partial charge in [0.25, 0.3) is 0 Å². The zero-order valence-electron chi connectivity index (χ0n) is 13.5. The molecule has 2 rings (SSSR count). The van der Waals surface area contributed by atoms with Gasteiger partial charge in [0.05, 0.1) is 6.61 Å². The Morgan fingerprint density at radius 1 is 1.19 bits per heavy atom. The number of hydrogen-bond donors (Lipinski definition) is 1. The van der Waals surface area contributed by atoms with Crippen molar-refractivity contribution in [2.24, 2.45) is 0 Å². The third kappa shape index (κ3) is 4.42. The number of rotatable bonds is 9. The average molecular weight is 294 g/mol. The van der Waals surface area contributed by atoms with E-state index >= 15 is 0 Å². The minimum absolute atomic E-state index is 0.539.